The van der Waals surface area contributed by atoms with Gasteiger partial charge in [-0.3, -0.25) is 9.59 Å². The van der Waals surface area contributed by atoms with Crippen LogP contribution in [0.1, 0.15) is 25.0 Å². The highest BCUT2D eigenvalue weighted by Crippen LogP contribution is 2.30. The van der Waals surface area contributed by atoms with Crippen LogP contribution in [-0.2, 0) is 22.2 Å². The molecule has 2 N–H and O–H groups in total. The second kappa shape index (κ2) is 10.5. The van der Waals surface area contributed by atoms with Crippen LogP contribution >= 0.6 is 0 Å². The first-order valence-corrected chi connectivity index (χ1v) is 9.39. The van der Waals surface area contributed by atoms with Crippen molar-refractivity contribution in [3.05, 3.63) is 53.6 Å². The lowest BCUT2D eigenvalue weighted by molar-refractivity contribution is -0.137. The highest BCUT2D eigenvalue weighted by Gasteiger charge is 2.30. The Labute approximate surface area is 172 Å². The van der Waals surface area contributed by atoms with Crippen LogP contribution in [0.3, 0.4) is 0 Å². The second-order valence-electron chi connectivity index (χ2n) is 6.18. The van der Waals surface area contributed by atoms with Gasteiger partial charge in [0, 0.05) is 12.2 Å². The molecular weight excluding hydrogens is 401 g/mol. The van der Waals surface area contributed by atoms with E-state index in [0.717, 1.165) is 29.8 Å². The number of carbonyl (C=O) groups is 2. The van der Waals surface area contributed by atoms with E-state index in [1.54, 1.807) is 6.07 Å². The maximum absolute atomic E-state index is 12.6. The number of rotatable bonds is 8. The van der Waals surface area contributed by atoms with Crippen LogP contribution in [0, 0.1) is 0 Å². The predicted molar refractivity (Wildman–Crippen MR) is 106 cm³/mol. The van der Waals surface area contributed by atoms with Crippen LogP contribution in [0.2, 0.25) is 0 Å². The monoisotopic (exact) mass is 424 g/mol. The zero-order valence-electron chi connectivity index (χ0n) is 16.6. The van der Waals surface area contributed by atoms with Gasteiger partial charge in [0.1, 0.15) is 0 Å². The van der Waals surface area contributed by atoms with Gasteiger partial charge in [0.05, 0.1) is 18.8 Å². The molecule has 0 aromatic heterocycles. The molecule has 2 rings (SSSR count). The average Bonchev–Trinajstić information content (AvgIpc) is 2.70. The van der Waals surface area contributed by atoms with Gasteiger partial charge >= 0.3 is 18.0 Å². The third-order valence-electron chi connectivity index (χ3n) is 3.98. The van der Waals surface area contributed by atoms with E-state index in [4.69, 9.17) is 9.47 Å². The number of hydrogen-bond donors (Lipinski definition) is 2. The summed E-state index contributed by atoms with van der Waals surface area (Å²) in [7, 11) is 0. The third kappa shape index (κ3) is 6.68. The maximum atomic E-state index is 12.6. The van der Waals surface area contributed by atoms with Gasteiger partial charge in [-0.1, -0.05) is 6.07 Å². The fraction of sp³-hybridized carbons (Fsp3) is 0.333. The standard InChI is InChI=1S/C21H23F3N2O4/c1-3-29-17-10-5-14(13-18(17)30-4-2)11-12-25-19(27)20(28)26-16-8-6-15(7-9-16)21(22,23)24/h5-10,13H,3-4,11-12H2,1-2H3,(H,25,27)(H,26,28). The highest BCUT2D eigenvalue weighted by atomic mass is 19.4. The summed E-state index contributed by atoms with van der Waals surface area (Å²) >= 11 is 0. The van der Waals surface area contributed by atoms with Crippen molar-refractivity contribution >= 4 is 17.5 Å². The molecule has 6 nitrogen and oxygen atoms in total. The van der Waals surface area contributed by atoms with Crippen molar-refractivity contribution in [1.82, 2.24) is 5.32 Å². The van der Waals surface area contributed by atoms with Gasteiger partial charge in [0.15, 0.2) is 11.5 Å². The lowest BCUT2D eigenvalue weighted by Gasteiger charge is -2.12. The number of benzene rings is 2. The molecule has 0 unspecified atom stereocenters. The number of halogens is 3. The van der Waals surface area contributed by atoms with Crippen molar-refractivity contribution in [2.24, 2.45) is 0 Å². The fourth-order valence-corrected chi connectivity index (χ4v) is 2.58. The third-order valence-corrected chi connectivity index (χ3v) is 3.98. The van der Waals surface area contributed by atoms with Gasteiger partial charge < -0.3 is 20.1 Å². The number of carbonyl (C=O) groups excluding carboxylic acids is 2. The zero-order chi connectivity index (χ0) is 22.1. The molecule has 0 saturated carbocycles. The molecule has 2 amide bonds. The minimum Gasteiger partial charge on any atom is -0.490 e. The molecule has 162 valence electrons. The Bertz CT molecular complexity index is 868. The molecule has 0 aliphatic heterocycles. The molecule has 0 spiro atoms. The van der Waals surface area contributed by atoms with Gasteiger partial charge in [-0.05, 0) is 62.2 Å². The number of hydrogen-bond acceptors (Lipinski definition) is 4. The summed E-state index contributed by atoms with van der Waals surface area (Å²) in [5.74, 6) is -0.617. The van der Waals surface area contributed by atoms with E-state index in [0.29, 0.717) is 31.1 Å². The second-order valence-corrected chi connectivity index (χ2v) is 6.18. The largest absolute Gasteiger partial charge is 0.490 e. The average molecular weight is 424 g/mol. The van der Waals surface area contributed by atoms with E-state index in [1.165, 1.54) is 0 Å². The van der Waals surface area contributed by atoms with Crippen LogP contribution in [0.4, 0.5) is 18.9 Å². The minimum absolute atomic E-state index is 0.0935. The molecule has 0 radical (unpaired) electrons. The molecule has 0 aliphatic carbocycles. The normalized spacial score (nSPS) is 11.0. The molecule has 30 heavy (non-hydrogen) atoms. The highest BCUT2D eigenvalue weighted by molar-refractivity contribution is 6.39. The summed E-state index contributed by atoms with van der Waals surface area (Å²) in [6.45, 7) is 4.90. The quantitative estimate of drug-likeness (QED) is 0.632. The Morgan fingerprint density at radius 1 is 0.900 bits per heavy atom. The van der Waals surface area contributed by atoms with Gasteiger partial charge in [-0.2, -0.15) is 13.2 Å². The number of amides is 2. The molecule has 0 fully saturated rings. The van der Waals surface area contributed by atoms with Crippen LogP contribution in [0.5, 0.6) is 11.5 Å². The zero-order valence-corrected chi connectivity index (χ0v) is 16.6. The summed E-state index contributed by atoms with van der Waals surface area (Å²) in [6, 6.07) is 9.25. The number of nitrogens with one attached hydrogen (secondary N) is 2. The Hall–Kier alpha value is -3.23. The van der Waals surface area contributed by atoms with E-state index >= 15 is 0 Å². The minimum atomic E-state index is -4.47. The van der Waals surface area contributed by atoms with Crippen molar-refractivity contribution < 1.29 is 32.2 Å². The van der Waals surface area contributed by atoms with Crippen molar-refractivity contribution in [2.75, 3.05) is 25.1 Å². The summed E-state index contributed by atoms with van der Waals surface area (Å²) in [5.41, 5.74) is 0.132. The Morgan fingerprint density at radius 3 is 2.13 bits per heavy atom. The molecule has 9 heteroatoms. The predicted octanol–water partition coefficient (Wildman–Crippen LogP) is 3.80. The van der Waals surface area contributed by atoms with E-state index in [9.17, 15) is 22.8 Å². The summed E-state index contributed by atoms with van der Waals surface area (Å²) in [4.78, 5) is 23.8. The van der Waals surface area contributed by atoms with Crippen LogP contribution in [-0.4, -0.2) is 31.6 Å². The Kier molecular flexibility index (Phi) is 8.08. The summed E-state index contributed by atoms with van der Waals surface area (Å²) in [6.07, 6.45) is -4.02. The lowest BCUT2D eigenvalue weighted by atomic mass is 10.1. The molecule has 0 heterocycles. The lowest BCUT2D eigenvalue weighted by Crippen LogP contribution is -2.36. The smallest absolute Gasteiger partial charge is 0.416 e. The van der Waals surface area contributed by atoms with Crippen molar-refractivity contribution in [3.63, 3.8) is 0 Å². The van der Waals surface area contributed by atoms with Crippen LogP contribution in [0.15, 0.2) is 42.5 Å². The van der Waals surface area contributed by atoms with E-state index in [1.807, 2.05) is 26.0 Å². The molecule has 2 aromatic carbocycles. The Balaban J connectivity index is 1.86. The first-order chi connectivity index (χ1) is 14.2. The van der Waals surface area contributed by atoms with Crippen LogP contribution in [0.25, 0.3) is 0 Å². The molecule has 2 aromatic rings. The Morgan fingerprint density at radius 2 is 1.53 bits per heavy atom. The van der Waals surface area contributed by atoms with Gasteiger partial charge in [0.2, 0.25) is 0 Å². The van der Waals surface area contributed by atoms with Crippen LogP contribution < -0.4 is 20.1 Å². The van der Waals surface area contributed by atoms with Gasteiger partial charge in [0.25, 0.3) is 0 Å². The molecular formula is C21H23F3N2O4. The van der Waals surface area contributed by atoms with Gasteiger partial charge in [-0.25, -0.2) is 0 Å². The molecule has 0 aliphatic rings. The molecule has 0 atom stereocenters. The topological polar surface area (TPSA) is 76.7 Å². The van der Waals surface area contributed by atoms with Gasteiger partial charge in [-0.15, -0.1) is 0 Å². The maximum Gasteiger partial charge on any atom is 0.416 e. The number of alkyl halides is 3. The number of anilines is 1. The van der Waals surface area contributed by atoms with E-state index in [2.05, 4.69) is 10.6 Å². The van der Waals surface area contributed by atoms with E-state index in [-0.39, 0.29) is 12.2 Å². The SMILES string of the molecule is CCOc1ccc(CCNC(=O)C(=O)Nc2ccc(C(F)(F)F)cc2)cc1OCC. The first-order valence-electron chi connectivity index (χ1n) is 9.39. The van der Waals surface area contributed by atoms with Crippen molar-refractivity contribution in [1.29, 1.82) is 0 Å². The van der Waals surface area contributed by atoms with Crippen molar-refractivity contribution in [3.8, 4) is 11.5 Å². The molecule has 0 saturated heterocycles. The molecule has 0 bridgehead atoms. The fourth-order valence-electron chi connectivity index (χ4n) is 2.58. The van der Waals surface area contributed by atoms with Crippen molar-refractivity contribution in [2.45, 2.75) is 26.4 Å². The van der Waals surface area contributed by atoms with E-state index < -0.39 is 23.6 Å². The number of ether oxygens (including phenoxy) is 2. The summed E-state index contributed by atoms with van der Waals surface area (Å²) in [5, 5.41) is 4.74. The first kappa shape index (κ1) is 23.1. The summed E-state index contributed by atoms with van der Waals surface area (Å²) < 4.78 is 48.7.